The van der Waals surface area contributed by atoms with Gasteiger partial charge >= 0.3 is 6.61 Å². The van der Waals surface area contributed by atoms with Gasteiger partial charge in [0.1, 0.15) is 0 Å². The van der Waals surface area contributed by atoms with Crippen molar-refractivity contribution in [2.75, 3.05) is 20.2 Å². The predicted molar refractivity (Wildman–Crippen MR) is 107 cm³/mol. The molecule has 2 aromatic carbocycles. The largest absolute Gasteiger partial charge is 0.493 e. The number of likely N-dealkylation sites (tertiary alicyclic amines) is 1. The number of methoxy groups -OCH3 is 1. The first kappa shape index (κ1) is 21.5. The van der Waals surface area contributed by atoms with Crippen LogP contribution in [0.3, 0.4) is 0 Å². The fourth-order valence-corrected chi connectivity index (χ4v) is 3.39. The van der Waals surface area contributed by atoms with Gasteiger partial charge in [-0.05, 0) is 48.2 Å². The van der Waals surface area contributed by atoms with Crippen molar-refractivity contribution in [2.24, 2.45) is 0 Å². The van der Waals surface area contributed by atoms with Crippen LogP contribution in [0.2, 0.25) is 0 Å². The number of hydrogen-bond acceptors (Lipinski definition) is 4. The zero-order chi connectivity index (χ0) is 21.5. The Balaban J connectivity index is 1.54. The van der Waals surface area contributed by atoms with Crippen LogP contribution in [-0.2, 0) is 17.8 Å². The first-order valence-corrected chi connectivity index (χ1v) is 9.73. The number of nitrogens with zero attached hydrogens (tertiary/aromatic N) is 1. The highest BCUT2D eigenvalue weighted by molar-refractivity contribution is 5.94. The summed E-state index contributed by atoms with van der Waals surface area (Å²) in [4.78, 5) is 26.1. The smallest absolute Gasteiger partial charge is 0.387 e. The quantitative estimate of drug-likeness (QED) is 0.678. The van der Waals surface area contributed by atoms with Crippen molar-refractivity contribution in [3.05, 3.63) is 59.2 Å². The van der Waals surface area contributed by atoms with Gasteiger partial charge in [0.2, 0.25) is 5.91 Å². The summed E-state index contributed by atoms with van der Waals surface area (Å²) in [5, 5.41) is 2.85. The van der Waals surface area contributed by atoms with Crippen molar-refractivity contribution in [1.82, 2.24) is 10.2 Å². The number of benzene rings is 2. The lowest BCUT2D eigenvalue weighted by Gasteiger charge is -2.16. The normalized spacial score (nSPS) is 13.6. The molecule has 0 radical (unpaired) electrons. The number of carbonyl (C=O) groups excluding carboxylic acids is 2. The molecule has 2 amide bonds. The molecule has 1 N–H and O–H groups in total. The monoisotopic (exact) mass is 418 g/mol. The fourth-order valence-electron chi connectivity index (χ4n) is 3.39. The third kappa shape index (κ3) is 5.68. The molecule has 6 nitrogen and oxygen atoms in total. The van der Waals surface area contributed by atoms with Crippen LogP contribution in [0, 0.1) is 0 Å². The van der Waals surface area contributed by atoms with Crippen LogP contribution in [0.5, 0.6) is 11.5 Å². The molecular formula is C22H24F2N2O4. The molecule has 1 fully saturated rings. The van der Waals surface area contributed by atoms with E-state index in [4.69, 9.17) is 4.74 Å². The SMILES string of the molecule is COc1cc(CCNC(=O)c2cccc(CN3CCCC3=O)c2)ccc1OC(F)F. The highest BCUT2D eigenvalue weighted by Gasteiger charge is 2.20. The summed E-state index contributed by atoms with van der Waals surface area (Å²) in [6.07, 6.45) is 1.96. The molecule has 0 aromatic heterocycles. The first-order chi connectivity index (χ1) is 14.5. The van der Waals surface area contributed by atoms with Crippen molar-refractivity contribution in [2.45, 2.75) is 32.4 Å². The average Bonchev–Trinajstić information content (AvgIpc) is 3.13. The van der Waals surface area contributed by atoms with Crippen LogP contribution in [0.15, 0.2) is 42.5 Å². The molecule has 0 bridgehead atoms. The molecule has 1 saturated heterocycles. The van der Waals surface area contributed by atoms with E-state index in [0.29, 0.717) is 31.5 Å². The lowest BCUT2D eigenvalue weighted by molar-refractivity contribution is -0.128. The Kier molecular flexibility index (Phi) is 7.21. The van der Waals surface area contributed by atoms with Crippen LogP contribution in [0.4, 0.5) is 8.78 Å². The van der Waals surface area contributed by atoms with Gasteiger partial charge in [0.15, 0.2) is 11.5 Å². The highest BCUT2D eigenvalue weighted by Crippen LogP contribution is 2.29. The number of alkyl halides is 2. The van der Waals surface area contributed by atoms with Crippen molar-refractivity contribution in [3.8, 4) is 11.5 Å². The van der Waals surface area contributed by atoms with Gasteiger partial charge in [0, 0.05) is 31.6 Å². The molecule has 0 saturated carbocycles. The maximum atomic E-state index is 12.5. The van der Waals surface area contributed by atoms with Gasteiger partial charge in [-0.3, -0.25) is 9.59 Å². The summed E-state index contributed by atoms with van der Waals surface area (Å²) < 4.78 is 34.3. The molecule has 1 aliphatic rings. The lowest BCUT2D eigenvalue weighted by atomic mass is 10.1. The maximum Gasteiger partial charge on any atom is 0.387 e. The Bertz CT molecular complexity index is 904. The Morgan fingerprint density at radius 2 is 2.00 bits per heavy atom. The van der Waals surface area contributed by atoms with E-state index < -0.39 is 6.61 Å². The van der Waals surface area contributed by atoms with Crippen LogP contribution in [0.25, 0.3) is 0 Å². The van der Waals surface area contributed by atoms with Gasteiger partial charge in [-0.15, -0.1) is 0 Å². The second-order valence-electron chi connectivity index (χ2n) is 6.99. The minimum atomic E-state index is -2.93. The van der Waals surface area contributed by atoms with E-state index >= 15 is 0 Å². The van der Waals surface area contributed by atoms with Crippen LogP contribution >= 0.6 is 0 Å². The van der Waals surface area contributed by atoms with Gasteiger partial charge in [-0.1, -0.05) is 18.2 Å². The van der Waals surface area contributed by atoms with Crippen LogP contribution in [-0.4, -0.2) is 43.5 Å². The second-order valence-corrected chi connectivity index (χ2v) is 6.99. The predicted octanol–water partition coefficient (Wildman–Crippen LogP) is 3.39. The fraction of sp³-hybridized carbons (Fsp3) is 0.364. The zero-order valence-corrected chi connectivity index (χ0v) is 16.7. The van der Waals surface area contributed by atoms with Crippen molar-refractivity contribution >= 4 is 11.8 Å². The molecule has 1 heterocycles. The van der Waals surface area contributed by atoms with Gasteiger partial charge in [-0.25, -0.2) is 0 Å². The molecule has 160 valence electrons. The lowest BCUT2D eigenvalue weighted by Crippen LogP contribution is -2.26. The Morgan fingerprint density at radius 1 is 1.17 bits per heavy atom. The van der Waals surface area contributed by atoms with Crippen molar-refractivity contribution in [3.63, 3.8) is 0 Å². The summed E-state index contributed by atoms with van der Waals surface area (Å²) in [5.74, 6) is 0.108. The van der Waals surface area contributed by atoms with E-state index in [9.17, 15) is 18.4 Å². The molecule has 2 aromatic rings. The number of nitrogens with one attached hydrogen (secondary N) is 1. The Labute approximate surface area is 173 Å². The third-order valence-electron chi connectivity index (χ3n) is 4.88. The molecule has 30 heavy (non-hydrogen) atoms. The summed E-state index contributed by atoms with van der Waals surface area (Å²) in [6.45, 7) is -1.30. The number of hydrogen-bond donors (Lipinski definition) is 1. The molecule has 0 atom stereocenters. The number of amides is 2. The molecule has 3 rings (SSSR count). The minimum Gasteiger partial charge on any atom is -0.493 e. The minimum absolute atomic E-state index is 0.0337. The molecule has 1 aliphatic heterocycles. The van der Waals surface area contributed by atoms with E-state index in [0.717, 1.165) is 24.1 Å². The third-order valence-corrected chi connectivity index (χ3v) is 4.88. The second kappa shape index (κ2) is 10.0. The van der Waals surface area contributed by atoms with Gasteiger partial charge in [0.05, 0.1) is 7.11 Å². The van der Waals surface area contributed by atoms with Crippen LogP contribution < -0.4 is 14.8 Å². The van der Waals surface area contributed by atoms with Gasteiger partial charge < -0.3 is 19.7 Å². The van der Waals surface area contributed by atoms with Crippen molar-refractivity contribution in [1.29, 1.82) is 0 Å². The molecule has 0 unspecified atom stereocenters. The zero-order valence-electron chi connectivity index (χ0n) is 16.7. The Morgan fingerprint density at radius 3 is 2.70 bits per heavy atom. The van der Waals surface area contributed by atoms with E-state index in [1.165, 1.54) is 13.2 Å². The van der Waals surface area contributed by atoms with E-state index in [1.807, 2.05) is 6.07 Å². The number of ether oxygens (including phenoxy) is 2. The standard InChI is InChI=1S/C22H24F2N2O4/c1-29-19-13-15(7-8-18(19)30-22(23)24)9-10-25-21(28)17-5-2-4-16(12-17)14-26-11-3-6-20(26)27/h2,4-5,7-8,12-13,22H,3,6,9-11,14H2,1H3,(H,25,28). The maximum absolute atomic E-state index is 12.5. The topological polar surface area (TPSA) is 67.9 Å². The number of carbonyl (C=O) groups is 2. The summed E-state index contributed by atoms with van der Waals surface area (Å²) in [7, 11) is 1.38. The van der Waals surface area contributed by atoms with E-state index in [1.54, 1.807) is 35.2 Å². The number of rotatable bonds is 9. The van der Waals surface area contributed by atoms with Gasteiger partial charge in [0.25, 0.3) is 5.91 Å². The summed E-state index contributed by atoms with van der Waals surface area (Å²) in [5.41, 5.74) is 2.25. The summed E-state index contributed by atoms with van der Waals surface area (Å²) >= 11 is 0. The number of halogens is 2. The van der Waals surface area contributed by atoms with E-state index in [2.05, 4.69) is 10.1 Å². The van der Waals surface area contributed by atoms with E-state index in [-0.39, 0.29) is 23.3 Å². The molecular weight excluding hydrogens is 394 g/mol. The molecule has 0 aliphatic carbocycles. The highest BCUT2D eigenvalue weighted by atomic mass is 19.3. The Hall–Kier alpha value is -3.16. The molecule has 8 heteroatoms. The first-order valence-electron chi connectivity index (χ1n) is 9.73. The van der Waals surface area contributed by atoms with Crippen LogP contribution in [0.1, 0.15) is 34.3 Å². The molecule has 0 spiro atoms. The average molecular weight is 418 g/mol. The summed E-state index contributed by atoms with van der Waals surface area (Å²) in [6, 6.07) is 11.9. The van der Waals surface area contributed by atoms with Gasteiger partial charge in [-0.2, -0.15) is 8.78 Å². The van der Waals surface area contributed by atoms with Crippen molar-refractivity contribution < 1.29 is 27.8 Å².